The minimum atomic E-state index is 0.726. The van der Waals surface area contributed by atoms with E-state index < -0.39 is 0 Å². The molecule has 102 valence electrons. The molecule has 0 radical (unpaired) electrons. The second kappa shape index (κ2) is 7.16. The molecule has 1 N–H and O–H groups in total. The Hall–Kier alpha value is -0.520. The number of hydrogen-bond donors (Lipinski definition) is 1. The summed E-state index contributed by atoms with van der Waals surface area (Å²) in [5, 5.41) is 3.93. The van der Waals surface area contributed by atoms with Crippen LogP contribution >= 0.6 is 0 Å². The van der Waals surface area contributed by atoms with Crippen molar-refractivity contribution in [2.75, 3.05) is 19.6 Å². The lowest BCUT2D eigenvalue weighted by molar-refractivity contribution is 0.196. The van der Waals surface area contributed by atoms with Crippen molar-refractivity contribution in [1.29, 1.82) is 0 Å². The van der Waals surface area contributed by atoms with E-state index in [1.54, 1.807) is 0 Å². The molecule has 2 atom stereocenters. The zero-order valence-electron chi connectivity index (χ0n) is 11.8. The number of nitrogens with zero attached hydrogens (tertiary/aromatic N) is 1. The first kappa shape index (κ1) is 13.9. The maximum atomic E-state index is 5.37. The van der Waals surface area contributed by atoms with Crippen molar-refractivity contribution in [2.24, 2.45) is 5.92 Å². The Balaban J connectivity index is 1.75. The van der Waals surface area contributed by atoms with Gasteiger partial charge in [-0.3, -0.25) is 4.90 Å². The minimum Gasteiger partial charge on any atom is -0.311 e. The van der Waals surface area contributed by atoms with Gasteiger partial charge in [-0.15, -0.1) is 6.42 Å². The summed E-state index contributed by atoms with van der Waals surface area (Å²) in [6.07, 6.45) is 15.0. The SMILES string of the molecule is C#CCN1CCC(NC2CCCCCC2C)CC1. The summed E-state index contributed by atoms with van der Waals surface area (Å²) >= 11 is 0. The van der Waals surface area contributed by atoms with Crippen LogP contribution in [0.2, 0.25) is 0 Å². The standard InChI is InChI=1S/C16H28N2/c1-3-11-18-12-9-15(10-13-18)17-16-8-6-4-5-7-14(16)2/h1,14-17H,4-13H2,2H3. The van der Waals surface area contributed by atoms with E-state index in [4.69, 9.17) is 6.42 Å². The fourth-order valence-corrected chi connectivity index (χ4v) is 3.43. The summed E-state index contributed by atoms with van der Waals surface area (Å²) in [4.78, 5) is 2.40. The third kappa shape index (κ3) is 4.00. The number of piperidine rings is 1. The van der Waals surface area contributed by atoms with Crippen LogP contribution in [0, 0.1) is 18.3 Å². The Morgan fingerprint density at radius 1 is 1.11 bits per heavy atom. The first-order valence-corrected chi connectivity index (χ1v) is 7.71. The van der Waals surface area contributed by atoms with Crippen LogP contribution in [0.4, 0.5) is 0 Å². The molecule has 0 aromatic rings. The third-order valence-electron chi connectivity index (χ3n) is 4.71. The number of rotatable bonds is 3. The van der Waals surface area contributed by atoms with Crippen LogP contribution in [0.5, 0.6) is 0 Å². The van der Waals surface area contributed by atoms with E-state index in [2.05, 4.69) is 23.1 Å². The lowest BCUT2D eigenvalue weighted by Gasteiger charge is -2.35. The molecule has 2 unspecified atom stereocenters. The summed E-state index contributed by atoms with van der Waals surface area (Å²) in [7, 11) is 0. The molecule has 18 heavy (non-hydrogen) atoms. The molecular formula is C16H28N2. The molecule has 1 aliphatic heterocycles. The molecule has 1 heterocycles. The first-order valence-electron chi connectivity index (χ1n) is 7.71. The summed E-state index contributed by atoms with van der Waals surface area (Å²) in [6.45, 7) is 5.59. The fraction of sp³-hybridized carbons (Fsp3) is 0.875. The smallest absolute Gasteiger partial charge is 0.0598 e. The molecule has 1 saturated carbocycles. The maximum absolute atomic E-state index is 5.37. The monoisotopic (exact) mass is 248 g/mol. The topological polar surface area (TPSA) is 15.3 Å². The van der Waals surface area contributed by atoms with Crippen molar-refractivity contribution in [3.63, 3.8) is 0 Å². The lowest BCUT2D eigenvalue weighted by atomic mass is 9.94. The predicted molar refractivity (Wildman–Crippen MR) is 77.5 cm³/mol. The highest BCUT2D eigenvalue weighted by Gasteiger charge is 2.25. The average molecular weight is 248 g/mol. The van der Waals surface area contributed by atoms with Crippen LogP contribution in [0.25, 0.3) is 0 Å². The number of nitrogens with one attached hydrogen (secondary N) is 1. The van der Waals surface area contributed by atoms with Gasteiger partial charge in [0, 0.05) is 25.2 Å². The Kier molecular flexibility index (Phi) is 5.53. The zero-order chi connectivity index (χ0) is 12.8. The van der Waals surface area contributed by atoms with E-state index >= 15 is 0 Å². The number of likely N-dealkylation sites (tertiary alicyclic amines) is 1. The van der Waals surface area contributed by atoms with Gasteiger partial charge in [-0.2, -0.15) is 0 Å². The van der Waals surface area contributed by atoms with Crippen LogP contribution in [-0.4, -0.2) is 36.6 Å². The minimum absolute atomic E-state index is 0.726. The molecule has 2 fully saturated rings. The lowest BCUT2D eigenvalue weighted by Crippen LogP contribution is -2.47. The predicted octanol–water partition coefficient (Wildman–Crippen LogP) is 2.64. The van der Waals surface area contributed by atoms with Crippen LogP contribution in [-0.2, 0) is 0 Å². The van der Waals surface area contributed by atoms with Crippen LogP contribution < -0.4 is 5.32 Å². The Labute approximate surface area is 113 Å². The number of hydrogen-bond acceptors (Lipinski definition) is 2. The Morgan fingerprint density at radius 3 is 2.56 bits per heavy atom. The van der Waals surface area contributed by atoms with Crippen molar-refractivity contribution in [3.05, 3.63) is 0 Å². The second-order valence-electron chi connectivity index (χ2n) is 6.14. The molecule has 2 nitrogen and oxygen atoms in total. The average Bonchev–Trinajstić information content (AvgIpc) is 2.58. The summed E-state index contributed by atoms with van der Waals surface area (Å²) < 4.78 is 0. The highest BCUT2D eigenvalue weighted by molar-refractivity contribution is 4.91. The molecular weight excluding hydrogens is 220 g/mol. The van der Waals surface area contributed by atoms with Crippen molar-refractivity contribution in [2.45, 2.75) is 64.0 Å². The summed E-state index contributed by atoms with van der Waals surface area (Å²) in [5.41, 5.74) is 0. The van der Waals surface area contributed by atoms with Gasteiger partial charge in [-0.25, -0.2) is 0 Å². The fourth-order valence-electron chi connectivity index (χ4n) is 3.43. The van der Waals surface area contributed by atoms with Gasteiger partial charge in [0.25, 0.3) is 0 Å². The second-order valence-corrected chi connectivity index (χ2v) is 6.14. The molecule has 0 aromatic carbocycles. The molecule has 0 aromatic heterocycles. The van der Waals surface area contributed by atoms with Gasteiger partial charge in [-0.1, -0.05) is 32.1 Å². The number of terminal acetylenes is 1. The highest BCUT2D eigenvalue weighted by Crippen LogP contribution is 2.24. The molecule has 1 saturated heterocycles. The van der Waals surface area contributed by atoms with E-state index in [9.17, 15) is 0 Å². The molecule has 2 rings (SSSR count). The quantitative estimate of drug-likeness (QED) is 0.610. The third-order valence-corrected chi connectivity index (χ3v) is 4.71. The zero-order valence-corrected chi connectivity index (χ0v) is 11.8. The van der Waals surface area contributed by atoms with E-state index in [0.717, 1.165) is 24.5 Å². The van der Waals surface area contributed by atoms with E-state index in [1.165, 1.54) is 58.0 Å². The Bertz CT molecular complexity index is 273. The maximum Gasteiger partial charge on any atom is 0.0598 e. The largest absolute Gasteiger partial charge is 0.311 e. The van der Waals surface area contributed by atoms with Gasteiger partial charge in [0.15, 0.2) is 0 Å². The van der Waals surface area contributed by atoms with Crippen LogP contribution in [0.15, 0.2) is 0 Å². The first-order chi connectivity index (χ1) is 8.79. The van der Waals surface area contributed by atoms with Crippen molar-refractivity contribution < 1.29 is 0 Å². The van der Waals surface area contributed by atoms with Crippen LogP contribution in [0.3, 0.4) is 0 Å². The normalized spacial score (nSPS) is 31.8. The molecule has 1 aliphatic carbocycles. The van der Waals surface area contributed by atoms with Crippen molar-refractivity contribution >= 4 is 0 Å². The van der Waals surface area contributed by atoms with Gasteiger partial charge < -0.3 is 5.32 Å². The van der Waals surface area contributed by atoms with Crippen LogP contribution in [0.1, 0.15) is 51.9 Å². The van der Waals surface area contributed by atoms with Gasteiger partial charge in [0.05, 0.1) is 6.54 Å². The molecule has 0 spiro atoms. The molecule has 2 aliphatic rings. The van der Waals surface area contributed by atoms with Gasteiger partial charge in [-0.05, 0) is 31.6 Å². The van der Waals surface area contributed by atoms with Crippen molar-refractivity contribution in [3.8, 4) is 12.3 Å². The van der Waals surface area contributed by atoms with E-state index in [1.807, 2.05) is 0 Å². The van der Waals surface area contributed by atoms with Gasteiger partial charge in [0.1, 0.15) is 0 Å². The van der Waals surface area contributed by atoms with E-state index in [-0.39, 0.29) is 0 Å². The van der Waals surface area contributed by atoms with E-state index in [0.29, 0.717) is 0 Å². The van der Waals surface area contributed by atoms with Gasteiger partial charge >= 0.3 is 0 Å². The van der Waals surface area contributed by atoms with Crippen molar-refractivity contribution in [1.82, 2.24) is 10.2 Å². The molecule has 0 amide bonds. The Morgan fingerprint density at radius 2 is 1.83 bits per heavy atom. The highest BCUT2D eigenvalue weighted by atomic mass is 15.1. The van der Waals surface area contributed by atoms with Gasteiger partial charge in [0.2, 0.25) is 0 Å². The molecule has 2 heteroatoms. The molecule has 0 bridgehead atoms. The summed E-state index contributed by atoms with van der Waals surface area (Å²) in [6, 6.07) is 1.49. The summed E-state index contributed by atoms with van der Waals surface area (Å²) in [5.74, 6) is 3.61.